The van der Waals surface area contributed by atoms with Gasteiger partial charge in [-0.1, -0.05) is 55.4 Å². The van der Waals surface area contributed by atoms with E-state index < -0.39 is 0 Å². The Kier molecular flexibility index (Phi) is 9.01. The van der Waals surface area contributed by atoms with Crippen molar-refractivity contribution in [1.29, 1.82) is 0 Å². The van der Waals surface area contributed by atoms with Crippen molar-refractivity contribution < 1.29 is 19.2 Å². The number of anilines is 4. The van der Waals surface area contributed by atoms with Crippen molar-refractivity contribution in [3.63, 3.8) is 0 Å². The van der Waals surface area contributed by atoms with E-state index in [1.807, 2.05) is 0 Å². The number of benzene rings is 1. The molecule has 0 atom stereocenters. The van der Waals surface area contributed by atoms with Crippen LogP contribution in [0.25, 0.3) is 0 Å². The Morgan fingerprint density at radius 1 is 0.467 bits per heavy atom. The van der Waals surface area contributed by atoms with E-state index in [2.05, 4.69) is 21.3 Å². The summed E-state index contributed by atoms with van der Waals surface area (Å²) in [6.45, 7) is 14.0. The Balaban J connectivity index is 3.53. The van der Waals surface area contributed by atoms with Crippen molar-refractivity contribution in [2.45, 2.75) is 55.4 Å². The molecule has 1 rings (SSSR count). The lowest BCUT2D eigenvalue weighted by Crippen LogP contribution is -2.25. The van der Waals surface area contributed by atoms with Gasteiger partial charge in [-0.25, -0.2) is 0 Å². The van der Waals surface area contributed by atoms with Crippen molar-refractivity contribution in [1.82, 2.24) is 0 Å². The molecular formula is C22H34N4O4. The largest absolute Gasteiger partial charge is 0.324 e. The topological polar surface area (TPSA) is 116 Å². The van der Waals surface area contributed by atoms with Crippen LogP contribution in [-0.2, 0) is 19.2 Å². The Bertz CT molecular complexity index is 683. The second-order valence-electron chi connectivity index (χ2n) is 8.52. The van der Waals surface area contributed by atoms with Gasteiger partial charge in [0.05, 0.1) is 22.7 Å². The smallest absolute Gasteiger partial charge is 0.226 e. The van der Waals surface area contributed by atoms with Gasteiger partial charge in [-0.05, 0) is 12.1 Å². The van der Waals surface area contributed by atoms with Crippen molar-refractivity contribution in [2.75, 3.05) is 21.3 Å². The average Bonchev–Trinajstić information content (AvgIpc) is 2.63. The number of nitrogens with one attached hydrogen (secondary N) is 4. The first-order valence-corrected chi connectivity index (χ1v) is 10.2. The van der Waals surface area contributed by atoms with Gasteiger partial charge in [-0.15, -0.1) is 0 Å². The highest BCUT2D eigenvalue weighted by molar-refractivity contribution is 6.07. The first-order chi connectivity index (χ1) is 13.8. The summed E-state index contributed by atoms with van der Waals surface area (Å²) >= 11 is 0. The summed E-state index contributed by atoms with van der Waals surface area (Å²) in [5, 5.41) is 11.1. The SMILES string of the molecule is CC(C)C(=O)Nc1cc(NC(=O)C(C)C)c(NC(=O)C(C)C)cc1NC(=O)C(C)C. The van der Waals surface area contributed by atoms with Gasteiger partial charge in [0, 0.05) is 23.7 Å². The molecule has 4 amide bonds. The highest BCUT2D eigenvalue weighted by atomic mass is 16.2. The fraction of sp³-hybridized carbons (Fsp3) is 0.545. The average molecular weight is 419 g/mol. The molecule has 30 heavy (non-hydrogen) atoms. The van der Waals surface area contributed by atoms with Crippen LogP contribution in [0.15, 0.2) is 12.1 Å². The van der Waals surface area contributed by atoms with E-state index in [1.165, 1.54) is 0 Å². The minimum Gasteiger partial charge on any atom is -0.324 e. The van der Waals surface area contributed by atoms with E-state index in [0.717, 1.165) is 0 Å². The van der Waals surface area contributed by atoms with Crippen LogP contribution in [-0.4, -0.2) is 23.6 Å². The minimum atomic E-state index is -0.285. The van der Waals surface area contributed by atoms with Crippen LogP contribution in [0.2, 0.25) is 0 Å². The Morgan fingerprint density at radius 3 is 0.767 bits per heavy atom. The molecule has 0 aliphatic rings. The number of carbonyl (C=O) groups excluding carboxylic acids is 4. The van der Waals surface area contributed by atoms with Gasteiger partial charge in [-0.3, -0.25) is 19.2 Å². The summed E-state index contributed by atoms with van der Waals surface area (Å²) in [6, 6.07) is 3.10. The minimum absolute atomic E-state index is 0.241. The lowest BCUT2D eigenvalue weighted by atomic mass is 10.1. The summed E-state index contributed by atoms with van der Waals surface area (Å²) in [4.78, 5) is 49.2. The molecule has 8 heteroatoms. The fourth-order valence-corrected chi connectivity index (χ4v) is 2.12. The fourth-order valence-electron chi connectivity index (χ4n) is 2.12. The third-order valence-electron chi connectivity index (χ3n) is 4.29. The summed E-state index contributed by atoms with van der Waals surface area (Å²) < 4.78 is 0. The molecule has 4 N–H and O–H groups in total. The van der Waals surface area contributed by atoms with Crippen molar-refractivity contribution >= 4 is 46.4 Å². The molecule has 0 aromatic heterocycles. The van der Waals surface area contributed by atoms with Gasteiger partial charge in [0.2, 0.25) is 23.6 Å². The zero-order valence-electron chi connectivity index (χ0n) is 19.1. The Hall–Kier alpha value is -2.90. The van der Waals surface area contributed by atoms with E-state index in [0.29, 0.717) is 22.7 Å². The number of amides is 4. The zero-order chi connectivity index (χ0) is 23.2. The van der Waals surface area contributed by atoms with Gasteiger partial charge in [0.1, 0.15) is 0 Å². The third-order valence-corrected chi connectivity index (χ3v) is 4.29. The molecule has 8 nitrogen and oxygen atoms in total. The number of hydrogen-bond donors (Lipinski definition) is 4. The molecule has 0 heterocycles. The van der Waals surface area contributed by atoms with Crippen molar-refractivity contribution in [3.05, 3.63) is 12.1 Å². The van der Waals surface area contributed by atoms with E-state index >= 15 is 0 Å². The molecule has 0 spiro atoms. The molecule has 0 unspecified atom stereocenters. The summed E-state index contributed by atoms with van der Waals surface area (Å²) in [7, 11) is 0. The first-order valence-electron chi connectivity index (χ1n) is 10.2. The predicted molar refractivity (Wildman–Crippen MR) is 120 cm³/mol. The predicted octanol–water partition coefficient (Wildman–Crippen LogP) is 4.06. The molecule has 0 aliphatic carbocycles. The summed E-state index contributed by atoms with van der Waals surface area (Å²) in [5.74, 6) is -2.10. The molecule has 0 aliphatic heterocycles. The molecule has 1 aromatic carbocycles. The first kappa shape index (κ1) is 25.1. The van der Waals surface area contributed by atoms with Gasteiger partial charge in [-0.2, -0.15) is 0 Å². The Labute approximate surface area is 178 Å². The van der Waals surface area contributed by atoms with Crippen LogP contribution in [0.3, 0.4) is 0 Å². The summed E-state index contributed by atoms with van der Waals surface area (Å²) in [6.07, 6.45) is 0. The van der Waals surface area contributed by atoms with Crippen LogP contribution in [0, 0.1) is 23.7 Å². The van der Waals surface area contributed by atoms with Gasteiger partial charge in [0.15, 0.2) is 0 Å². The highest BCUT2D eigenvalue weighted by Gasteiger charge is 2.20. The van der Waals surface area contributed by atoms with Crippen LogP contribution in [0.4, 0.5) is 22.7 Å². The van der Waals surface area contributed by atoms with E-state index in [-0.39, 0.29) is 47.3 Å². The third kappa shape index (κ3) is 7.17. The molecule has 166 valence electrons. The van der Waals surface area contributed by atoms with E-state index in [9.17, 15) is 19.2 Å². The standard InChI is InChI=1S/C22H34N4O4/c1-11(2)19(27)23-15-9-17(25-21(29)13(5)6)18(26-22(30)14(7)8)10-16(15)24-20(28)12(3)4/h9-14H,1-8H3,(H,23,27)(H,24,28)(H,25,29)(H,26,30). The number of carbonyl (C=O) groups is 4. The van der Waals surface area contributed by atoms with Crippen molar-refractivity contribution in [2.24, 2.45) is 23.7 Å². The molecule has 0 radical (unpaired) electrons. The van der Waals surface area contributed by atoms with Crippen LogP contribution in [0.5, 0.6) is 0 Å². The van der Waals surface area contributed by atoms with Crippen LogP contribution in [0.1, 0.15) is 55.4 Å². The van der Waals surface area contributed by atoms with Gasteiger partial charge >= 0.3 is 0 Å². The normalized spacial score (nSPS) is 11.1. The maximum absolute atomic E-state index is 12.3. The van der Waals surface area contributed by atoms with E-state index in [1.54, 1.807) is 67.5 Å². The van der Waals surface area contributed by atoms with Crippen molar-refractivity contribution in [3.8, 4) is 0 Å². The Morgan fingerprint density at radius 2 is 0.633 bits per heavy atom. The molecular weight excluding hydrogens is 384 g/mol. The lowest BCUT2D eigenvalue weighted by molar-refractivity contribution is -0.119. The van der Waals surface area contributed by atoms with Gasteiger partial charge < -0.3 is 21.3 Å². The maximum atomic E-state index is 12.3. The highest BCUT2D eigenvalue weighted by Crippen LogP contribution is 2.35. The summed E-state index contributed by atoms with van der Waals surface area (Å²) in [5.41, 5.74) is 1.35. The molecule has 1 aromatic rings. The maximum Gasteiger partial charge on any atom is 0.226 e. The molecule has 0 saturated carbocycles. The molecule has 0 fully saturated rings. The number of rotatable bonds is 8. The second kappa shape index (κ2) is 10.8. The number of hydrogen-bond acceptors (Lipinski definition) is 4. The molecule has 0 bridgehead atoms. The van der Waals surface area contributed by atoms with E-state index in [4.69, 9.17) is 0 Å². The zero-order valence-corrected chi connectivity index (χ0v) is 19.1. The second-order valence-corrected chi connectivity index (χ2v) is 8.52. The monoisotopic (exact) mass is 418 g/mol. The lowest BCUT2D eigenvalue weighted by Gasteiger charge is -2.21. The van der Waals surface area contributed by atoms with Crippen LogP contribution < -0.4 is 21.3 Å². The quantitative estimate of drug-likeness (QED) is 0.509. The van der Waals surface area contributed by atoms with Crippen LogP contribution >= 0.6 is 0 Å². The van der Waals surface area contributed by atoms with Gasteiger partial charge in [0.25, 0.3) is 0 Å². The molecule has 0 saturated heterocycles.